The predicted molar refractivity (Wildman–Crippen MR) is 145 cm³/mol. The minimum atomic E-state index is -1.76. The first-order valence-electron chi connectivity index (χ1n) is 13.3. The van der Waals surface area contributed by atoms with Crippen LogP contribution in [0.3, 0.4) is 0 Å². The van der Waals surface area contributed by atoms with Crippen molar-refractivity contribution in [2.45, 2.75) is 25.8 Å². The van der Waals surface area contributed by atoms with Gasteiger partial charge in [0.15, 0.2) is 17.3 Å². The van der Waals surface area contributed by atoms with Gasteiger partial charge in [0.05, 0.1) is 18.0 Å². The summed E-state index contributed by atoms with van der Waals surface area (Å²) in [6.07, 6.45) is 5.80. The lowest BCUT2D eigenvalue weighted by atomic mass is 10.1. The van der Waals surface area contributed by atoms with E-state index in [-0.39, 0.29) is 35.8 Å². The van der Waals surface area contributed by atoms with Crippen molar-refractivity contribution in [1.29, 1.82) is 0 Å². The molecule has 2 aromatic carbocycles. The van der Waals surface area contributed by atoms with E-state index in [2.05, 4.69) is 20.5 Å². The first-order chi connectivity index (χ1) is 20.7. The number of hydrazine groups is 1. The van der Waals surface area contributed by atoms with E-state index in [1.165, 1.54) is 24.5 Å². The normalized spacial score (nSPS) is 15.8. The molecule has 15 heteroatoms. The Morgan fingerprint density at radius 2 is 1.88 bits per heavy atom. The molecule has 10 nitrogen and oxygen atoms in total. The van der Waals surface area contributed by atoms with Gasteiger partial charge in [-0.3, -0.25) is 5.43 Å². The second kappa shape index (κ2) is 12.7. The minimum Gasteiger partial charge on any atom is -0.463 e. The third-order valence-corrected chi connectivity index (χ3v) is 6.72. The summed E-state index contributed by atoms with van der Waals surface area (Å²) >= 11 is 0. The lowest BCUT2D eigenvalue weighted by Gasteiger charge is -2.32. The van der Waals surface area contributed by atoms with Crippen LogP contribution in [0.25, 0.3) is 22.3 Å². The molecule has 1 fully saturated rings. The van der Waals surface area contributed by atoms with Gasteiger partial charge in [-0.25, -0.2) is 37.6 Å². The van der Waals surface area contributed by atoms with E-state index in [0.29, 0.717) is 24.1 Å². The molecular formula is C28H26F5N7O3. The van der Waals surface area contributed by atoms with Gasteiger partial charge in [0.1, 0.15) is 29.4 Å². The molecular weight excluding hydrogens is 577 g/mol. The fraction of sp³-hybridized carbons (Fsp3) is 0.286. The van der Waals surface area contributed by atoms with E-state index in [1.807, 2.05) is 5.01 Å². The van der Waals surface area contributed by atoms with E-state index in [0.717, 1.165) is 25.5 Å². The Bertz CT molecular complexity index is 1670. The second-order valence-corrected chi connectivity index (χ2v) is 9.55. The second-order valence-electron chi connectivity index (χ2n) is 9.55. The fourth-order valence-corrected chi connectivity index (χ4v) is 4.77. The van der Waals surface area contributed by atoms with Gasteiger partial charge in [-0.15, -0.1) is 0 Å². The van der Waals surface area contributed by atoms with Crippen molar-refractivity contribution in [3.05, 3.63) is 71.8 Å². The molecule has 0 aliphatic carbocycles. The van der Waals surface area contributed by atoms with Crippen LogP contribution in [0.4, 0.5) is 27.8 Å². The number of nitrogens with one attached hydrogen (secondary N) is 1. The van der Waals surface area contributed by atoms with Crippen molar-refractivity contribution in [3.63, 3.8) is 0 Å². The van der Waals surface area contributed by atoms with Crippen LogP contribution in [0.5, 0.6) is 11.5 Å². The number of halogens is 5. The van der Waals surface area contributed by atoms with Crippen LogP contribution in [0.2, 0.25) is 0 Å². The maximum atomic E-state index is 15.4. The van der Waals surface area contributed by atoms with Crippen LogP contribution in [0, 0.1) is 29.1 Å². The van der Waals surface area contributed by atoms with Crippen LogP contribution in [-0.2, 0) is 9.53 Å². The van der Waals surface area contributed by atoms with Crippen LogP contribution in [0.1, 0.15) is 25.8 Å². The Balaban J connectivity index is 1.41. The first-order valence-corrected chi connectivity index (χ1v) is 13.3. The molecule has 0 saturated carbocycles. The first kappa shape index (κ1) is 29.8. The van der Waals surface area contributed by atoms with E-state index in [9.17, 15) is 22.4 Å². The summed E-state index contributed by atoms with van der Waals surface area (Å²) in [6, 6.07) is 3.05. The van der Waals surface area contributed by atoms with E-state index < -0.39 is 46.6 Å². The monoisotopic (exact) mass is 603 g/mol. The summed E-state index contributed by atoms with van der Waals surface area (Å²) in [7, 11) is 0. The Labute approximate surface area is 241 Å². The number of anilines is 1. The van der Waals surface area contributed by atoms with Gasteiger partial charge in [-0.05, 0) is 31.9 Å². The highest BCUT2D eigenvalue weighted by Crippen LogP contribution is 2.37. The number of hydrogen-bond donors (Lipinski definition) is 2. The SMILES string of the molecule is CCOC(=O)C=CCNN1CCCC(n2nc(-c3ccc(Oc4c(F)c(F)cc(F)c4F)cc3F)c3c(N)ncnc32)C1. The summed E-state index contributed by atoms with van der Waals surface area (Å²) in [5, 5.41) is 6.92. The highest BCUT2D eigenvalue weighted by atomic mass is 19.2. The number of nitrogens with two attached hydrogens (primary N) is 1. The molecule has 3 N–H and O–H groups in total. The summed E-state index contributed by atoms with van der Waals surface area (Å²) in [6.45, 7) is 3.64. The van der Waals surface area contributed by atoms with Crippen molar-refractivity contribution < 1.29 is 36.2 Å². The van der Waals surface area contributed by atoms with Crippen LogP contribution < -0.4 is 15.9 Å². The molecule has 1 saturated heterocycles. The maximum absolute atomic E-state index is 15.4. The van der Waals surface area contributed by atoms with Crippen molar-refractivity contribution >= 4 is 22.8 Å². The highest BCUT2D eigenvalue weighted by Gasteiger charge is 2.28. The van der Waals surface area contributed by atoms with E-state index in [1.54, 1.807) is 17.7 Å². The van der Waals surface area contributed by atoms with Crippen LogP contribution in [-0.4, -0.2) is 57.0 Å². The van der Waals surface area contributed by atoms with Gasteiger partial charge in [-0.2, -0.15) is 13.9 Å². The van der Waals surface area contributed by atoms with E-state index >= 15 is 4.39 Å². The topological polar surface area (TPSA) is 120 Å². The average molecular weight is 604 g/mol. The molecule has 1 atom stereocenters. The summed E-state index contributed by atoms with van der Waals surface area (Å²) < 4.78 is 82.3. The highest BCUT2D eigenvalue weighted by molar-refractivity contribution is 5.98. The number of hydrogen-bond acceptors (Lipinski definition) is 9. The molecule has 4 aromatic rings. The fourth-order valence-electron chi connectivity index (χ4n) is 4.77. The molecule has 3 heterocycles. The number of nitrogen functional groups attached to an aromatic ring is 1. The predicted octanol–water partition coefficient (Wildman–Crippen LogP) is 4.82. The van der Waals surface area contributed by atoms with E-state index in [4.69, 9.17) is 15.2 Å². The van der Waals surface area contributed by atoms with Crippen molar-refractivity contribution in [1.82, 2.24) is 30.2 Å². The van der Waals surface area contributed by atoms with Gasteiger partial charge < -0.3 is 15.2 Å². The Hall–Kier alpha value is -4.63. The number of ether oxygens (including phenoxy) is 2. The van der Waals surface area contributed by atoms with Gasteiger partial charge in [0.25, 0.3) is 0 Å². The summed E-state index contributed by atoms with van der Waals surface area (Å²) in [4.78, 5) is 19.9. The average Bonchev–Trinajstić information content (AvgIpc) is 3.38. The summed E-state index contributed by atoms with van der Waals surface area (Å²) in [5.74, 6) is -9.89. The molecule has 0 spiro atoms. The molecule has 1 unspecified atom stereocenters. The Morgan fingerprint density at radius 3 is 2.60 bits per heavy atom. The summed E-state index contributed by atoms with van der Waals surface area (Å²) in [5.41, 5.74) is 9.84. The number of carbonyl (C=O) groups excluding carboxylic acids is 1. The smallest absolute Gasteiger partial charge is 0.330 e. The zero-order valence-electron chi connectivity index (χ0n) is 22.8. The number of piperidine rings is 1. The largest absolute Gasteiger partial charge is 0.463 e. The number of rotatable bonds is 9. The zero-order valence-corrected chi connectivity index (χ0v) is 22.8. The maximum Gasteiger partial charge on any atom is 0.330 e. The number of nitrogens with zero attached hydrogens (tertiary/aromatic N) is 5. The van der Waals surface area contributed by atoms with Crippen LogP contribution >= 0.6 is 0 Å². The number of esters is 1. The van der Waals surface area contributed by atoms with Gasteiger partial charge in [-0.1, -0.05) is 6.08 Å². The standard InChI is InChI=1S/C28H26F5N7O3/c1-2-42-21(41)6-3-9-37-39-10-4-5-15(13-39)40-28-22(27(34)35-14-36-28)25(38-40)17-8-7-16(11-18(17)29)43-26-23(32)19(30)12-20(31)24(26)33/h3,6-8,11-12,14-15,37H,2,4-5,9-10,13H2,1H3,(H2,34,35,36). The third-order valence-electron chi connectivity index (χ3n) is 6.72. The zero-order chi connectivity index (χ0) is 30.7. The Morgan fingerprint density at radius 1 is 1.12 bits per heavy atom. The number of fused-ring (bicyclic) bond motifs is 1. The van der Waals surface area contributed by atoms with Crippen molar-refractivity contribution in [2.75, 3.05) is 32.0 Å². The van der Waals surface area contributed by atoms with Crippen molar-refractivity contribution in [2.24, 2.45) is 0 Å². The number of carbonyl (C=O) groups is 1. The molecule has 43 heavy (non-hydrogen) atoms. The molecule has 5 rings (SSSR count). The number of benzene rings is 2. The molecule has 1 aliphatic heterocycles. The van der Waals surface area contributed by atoms with Gasteiger partial charge in [0.2, 0.25) is 17.4 Å². The molecule has 0 amide bonds. The number of aromatic nitrogens is 4. The third kappa shape index (κ3) is 6.27. The molecule has 226 valence electrons. The van der Waals surface area contributed by atoms with Gasteiger partial charge >= 0.3 is 5.97 Å². The molecule has 2 aromatic heterocycles. The van der Waals surface area contributed by atoms with Crippen molar-refractivity contribution in [3.8, 4) is 22.8 Å². The Kier molecular flexibility index (Phi) is 8.82. The lowest BCUT2D eigenvalue weighted by Crippen LogP contribution is -2.45. The molecule has 0 radical (unpaired) electrons. The molecule has 0 bridgehead atoms. The quantitative estimate of drug-likeness (QED) is 0.120. The van der Waals surface area contributed by atoms with Crippen LogP contribution in [0.15, 0.2) is 42.7 Å². The van der Waals surface area contributed by atoms with Gasteiger partial charge in [0, 0.05) is 43.4 Å². The minimum absolute atomic E-state index is 0.0417. The lowest BCUT2D eigenvalue weighted by molar-refractivity contribution is -0.137. The molecule has 1 aliphatic rings.